The highest BCUT2D eigenvalue weighted by atomic mass is 35.5. The lowest BCUT2D eigenvalue weighted by Crippen LogP contribution is -2.41. The SMILES string of the molecule is COc1ccccc1C(C)NC(=O)CN(c1cc(Cl)cc(Cl)c1)S(=O)(=O)c1ccc(C)cc1. The highest BCUT2D eigenvalue weighted by Crippen LogP contribution is 2.30. The van der Waals surface area contributed by atoms with Crippen LogP contribution < -0.4 is 14.4 Å². The number of ether oxygens (including phenoxy) is 1. The van der Waals surface area contributed by atoms with E-state index < -0.39 is 28.5 Å². The fourth-order valence-electron chi connectivity index (χ4n) is 3.36. The Morgan fingerprint density at radius 2 is 1.64 bits per heavy atom. The molecule has 0 aliphatic rings. The number of hydrogen-bond acceptors (Lipinski definition) is 4. The van der Waals surface area contributed by atoms with E-state index in [2.05, 4.69) is 5.32 Å². The van der Waals surface area contributed by atoms with E-state index >= 15 is 0 Å². The quantitative estimate of drug-likeness (QED) is 0.444. The van der Waals surface area contributed by atoms with E-state index in [1.807, 2.05) is 25.1 Å². The highest BCUT2D eigenvalue weighted by molar-refractivity contribution is 7.92. The van der Waals surface area contributed by atoms with Crippen LogP contribution in [0.25, 0.3) is 0 Å². The summed E-state index contributed by atoms with van der Waals surface area (Å²) in [5.74, 6) is 0.122. The summed E-state index contributed by atoms with van der Waals surface area (Å²) in [6, 6.07) is 17.7. The van der Waals surface area contributed by atoms with Crippen LogP contribution in [0.3, 0.4) is 0 Å². The van der Waals surface area contributed by atoms with Gasteiger partial charge in [0.2, 0.25) is 5.91 Å². The van der Waals surface area contributed by atoms with Crippen LogP contribution >= 0.6 is 23.2 Å². The molecule has 0 heterocycles. The molecule has 9 heteroatoms. The van der Waals surface area contributed by atoms with E-state index in [1.165, 1.54) is 30.3 Å². The van der Waals surface area contributed by atoms with Gasteiger partial charge in [-0.25, -0.2) is 8.42 Å². The van der Waals surface area contributed by atoms with E-state index in [4.69, 9.17) is 27.9 Å². The molecule has 3 rings (SSSR count). The summed E-state index contributed by atoms with van der Waals surface area (Å²) in [7, 11) is -2.53. The molecule has 1 amide bonds. The molecule has 174 valence electrons. The van der Waals surface area contributed by atoms with E-state index in [0.717, 1.165) is 15.4 Å². The Bertz CT molecular complexity index is 1230. The number of nitrogens with zero attached hydrogens (tertiary/aromatic N) is 1. The molecule has 0 aliphatic heterocycles. The van der Waals surface area contributed by atoms with E-state index in [9.17, 15) is 13.2 Å². The van der Waals surface area contributed by atoms with Crippen molar-refractivity contribution < 1.29 is 17.9 Å². The lowest BCUT2D eigenvalue weighted by molar-refractivity contribution is -0.120. The van der Waals surface area contributed by atoms with E-state index in [1.54, 1.807) is 32.2 Å². The number of para-hydroxylation sites is 1. The molecule has 0 bridgehead atoms. The third kappa shape index (κ3) is 5.99. The minimum atomic E-state index is -4.08. The van der Waals surface area contributed by atoms with Gasteiger partial charge in [0.05, 0.1) is 23.7 Å². The average molecular weight is 507 g/mol. The Balaban J connectivity index is 1.94. The number of aryl methyl sites for hydroxylation is 1. The van der Waals surface area contributed by atoms with Gasteiger partial charge in [0.1, 0.15) is 12.3 Å². The van der Waals surface area contributed by atoms with Crippen molar-refractivity contribution in [1.82, 2.24) is 5.32 Å². The number of carbonyl (C=O) groups excluding carboxylic acids is 1. The second-order valence-corrected chi connectivity index (χ2v) is 10.2. The number of halogens is 2. The van der Waals surface area contributed by atoms with Crippen LogP contribution in [0.1, 0.15) is 24.1 Å². The molecule has 3 aromatic rings. The molecule has 33 heavy (non-hydrogen) atoms. The van der Waals surface area contributed by atoms with Crippen LogP contribution in [0.4, 0.5) is 5.69 Å². The summed E-state index contributed by atoms with van der Waals surface area (Å²) in [5.41, 5.74) is 1.87. The monoisotopic (exact) mass is 506 g/mol. The van der Waals surface area contributed by atoms with Crippen molar-refractivity contribution in [2.75, 3.05) is 18.0 Å². The zero-order valence-corrected chi connectivity index (χ0v) is 20.7. The summed E-state index contributed by atoms with van der Waals surface area (Å²) in [6.07, 6.45) is 0. The number of carbonyl (C=O) groups is 1. The number of nitrogens with one attached hydrogen (secondary N) is 1. The van der Waals surface area contributed by atoms with Gasteiger partial charge in [0, 0.05) is 15.6 Å². The molecular formula is C24H24Cl2N2O4S. The van der Waals surface area contributed by atoms with Crippen molar-refractivity contribution >= 4 is 44.8 Å². The average Bonchev–Trinajstić information content (AvgIpc) is 2.76. The van der Waals surface area contributed by atoms with Gasteiger partial charge in [-0.05, 0) is 50.2 Å². The molecule has 6 nitrogen and oxygen atoms in total. The van der Waals surface area contributed by atoms with Crippen molar-refractivity contribution in [2.24, 2.45) is 0 Å². The molecule has 0 spiro atoms. The first kappa shape index (κ1) is 24.9. The molecule has 0 saturated heterocycles. The molecule has 0 saturated carbocycles. The maximum Gasteiger partial charge on any atom is 0.264 e. The van der Waals surface area contributed by atoms with Gasteiger partial charge in [-0.15, -0.1) is 0 Å². The smallest absolute Gasteiger partial charge is 0.264 e. The standard InChI is InChI=1S/C24H24Cl2N2O4S/c1-16-8-10-21(11-9-16)33(30,31)28(20-13-18(25)12-19(26)14-20)15-24(29)27-17(2)22-6-4-5-7-23(22)32-3/h4-14,17H,15H2,1-3H3,(H,27,29). The lowest BCUT2D eigenvalue weighted by atomic mass is 10.1. The Morgan fingerprint density at radius 1 is 1.03 bits per heavy atom. The number of amides is 1. The molecule has 1 atom stereocenters. The minimum Gasteiger partial charge on any atom is -0.496 e. The van der Waals surface area contributed by atoms with Gasteiger partial charge >= 0.3 is 0 Å². The predicted octanol–water partition coefficient (Wildman–Crippen LogP) is 5.38. The maximum absolute atomic E-state index is 13.5. The van der Waals surface area contributed by atoms with Gasteiger partial charge < -0.3 is 10.1 Å². The second-order valence-electron chi connectivity index (χ2n) is 7.48. The Labute approximate surface area is 204 Å². The number of benzene rings is 3. The normalized spacial score (nSPS) is 12.2. The first-order valence-electron chi connectivity index (χ1n) is 10.1. The molecule has 0 radical (unpaired) electrons. The van der Waals surface area contributed by atoms with Gasteiger partial charge in [0.25, 0.3) is 10.0 Å². The third-order valence-electron chi connectivity index (χ3n) is 5.01. The number of sulfonamides is 1. The molecule has 0 fully saturated rings. The van der Waals surface area contributed by atoms with Crippen LogP contribution in [0.15, 0.2) is 71.6 Å². The van der Waals surface area contributed by atoms with Crippen molar-refractivity contribution in [1.29, 1.82) is 0 Å². The highest BCUT2D eigenvalue weighted by Gasteiger charge is 2.28. The van der Waals surface area contributed by atoms with Crippen LogP contribution in [0, 0.1) is 6.92 Å². The summed E-state index contributed by atoms with van der Waals surface area (Å²) in [5, 5.41) is 3.35. The third-order valence-corrected chi connectivity index (χ3v) is 7.24. The largest absolute Gasteiger partial charge is 0.496 e. The topological polar surface area (TPSA) is 75.7 Å². The van der Waals surface area contributed by atoms with Crippen LogP contribution in [0.2, 0.25) is 10.0 Å². The summed E-state index contributed by atoms with van der Waals surface area (Å²) < 4.78 is 33.4. The summed E-state index contributed by atoms with van der Waals surface area (Å²) in [4.78, 5) is 13.0. The number of hydrogen-bond donors (Lipinski definition) is 1. The first-order valence-corrected chi connectivity index (χ1v) is 12.3. The van der Waals surface area contributed by atoms with Crippen molar-refractivity contribution in [3.8, 4) is 5.75 Å². The molecule has 1 N–H and O–H groups in total. The number of methoxy groups -OCH3 is 1. The molecule has 1 unspecified atom stereocenters. The molecule has 0 aliphatic carbocycles. The van der Waals surface area contributed by atoms with Gasteiger partial charge in [0.15, 0.2) is 0 Å². The first-order chi connectivity index (χ1) is 15.6. The van der Waals surface area contributed by atoms with Crippen LogP contribution in [-0.2, 0) is 14.8 Å². The number of anilines is 1. The Kier molecular flexibility index (Phi) is 7.89. The molecule has 0 aromatic heterocycles. The Morgan fingerprint density at radius 3 is 2.24 bits per heavy atom. The fraction of sp³-hybridized carbons (Fsp3) is 0.208. The van der Waals surface area contributed by atoms with E-state index in [0.29, 0.717) is 5.75 Å². The Hall–Kier alpha value is -2.74. The zero-order chi connectivity index (χ0) is 24.2. The second kappa shape index (κ2) is 10.5. The summed E-state index contributed by atoms with van der Waals surface area (Å²) >= 11 is 12.2. The van der Waals surface area contributed by atoms with Gasteiger partial charge in [-0.1, -0.05) is 59.1 Å². The lowest BCUT2D eigenvalue weighted by Gasteiger charge is -2.26. The number of rotatable bonds is 8. The van der Waals surface area contributed by atoms with E-state index in [-0.39, 0.29) is 20.6 Å². The molecular weight excluding hydrogens is 483 g/mol. The van der Waals surface area contributed by atoms with Gasteiger partial charge in [-0.2, -0.15) is 0 Å². The summed E-state index contributed by atoms with van der Waals surface area (Å²) in [6.45, 7) is 3.19. The fourth-order valence-corrected chi connectivity index (χ4v) is 5.27. The van der Waals surface area contributed by atoms with Crippen molar-refractivity contribution in [3.05, 3.63) is 87.9 Å². The van der Waals surface area contributed by atoms with Crippen molar-refractivity contribution in [2.45, 2.75) is 24.8 Å². The van der Waals surface area contributed by atoms with Crippen LogP contribution in [0.5, 0.6) is 5.75 Å². The molecule has 3 aromatic carbocycles. The van der Waals surface area contributed by atoms with Crippen molar-refractivity contribution in [3.63, 3.8) is 0 Å². The maximum atomic E-state index is 13.5. The minimum absolute atomic E-state index is 0.0507. The zero-order valence-electron chi connectivity index (χ0n) is 18.4. The predicted molar refractivity (Wildman–Crippen MR) is 132 cm³/mol. The van der Waals surface area contributed by atoms with Gasteiger partial charge in [-0.3, -0.25) is 9.10 Å². The van der Waals surface area contributed by atoms with Crippen LogP contribution in [-0.4, -0.2) is 28.0 Å².